The Balaban J connectivity index is 1.60. The number of hydrogen-bond donors (Lipinski definition) is 2. The molecule has 156 valence electrons. The zero-order valence-electron chi connectivity index (χ0n) is 16.8. The molecule has 1 aromatic heterocycles. The first-order valence-electron chi connectivity index (χ1n) is 10.0. The van der Waals surface area contributed by atoms with Crippen molar-refractivity contribution in [2.24, 2.45) is 0 Å². The summed E-state index contributed by atoms with van der Waals surface area (Å²) in [4.78, 5) is 30.2. The first-order chi connectivity index (χ1) is 14.5. The lowest BCUT2D eigenvalue weighted by Crippen LogP contribution is -2.40. The molecule has 7 heteroatoms. The van der Waals surface area contributed by atoms with Crippen LogP contribution in [0.2, 0.25) is 5.02 Å². The molecule has 2 amide bonds. The number of urea groups is 1. The number of carbonyl (C=O) groups excluding carboxylic acids is 1. The van der Waals surface area contributed by atoms with Crippen LogP contribution >= 0.6 is 11.6 Å². The maximum atomic E-state index is 13.0. The van der Waals surface area contributed by atoms with Crippen LogP contribution in [0.5, 0.6) is 0 Å². The fourth-order valence-corrected chi connectivity index (χ4v) is 3.91. The van der Waals surface area contributed by atoms with Gasteiger partial charge in [0.25, 0.3) is 5.56 Å². The van der Waals surface area contributed by atoms with E-state index in [0.29, 0.717) is 29.4 Å². The summed E-state index contributed by atoms with van der Waals surface area (Å²) in [6, 6.07) is 14.4. The van der Waals surface area contributed by atoms with Gasteiger partial charge >= 0.3 is 6.03 Å². The Morgan fingerprint density at radius 1 is 1.27 bits per heavy atom. The van der Waals surface area contributed by atoms with Crippen molar-refractivity contribution < 1.29 is 9.53 Å². The zero-order chi connectivity index (χ0) is 21.1. The number of aryl methyl sites for hydroxylation is 1. The van der Waals surface area contributed by atoms with Gasteiger partial charge in [0.2, 0.25) is 0 Å². The number of ether oxygens (including phenoxy) is 1. The molecule has 1 saturated heterocycles. The highest BCUT2D eigenvalue weighted by atomic mass is 35.5. The number of carbonyl (C=O) groups is 1. The van der Waals surface area contributed by atoms with Gasteiger partial charge in [0.15, 0.2) is 0 Å². The lowest BCUT2D eigenvalue weighted by atomic mass is 10.1. The molecule has 4 rings (SSSR count). The van der Waals surface area contributed by atoms with Crippen molar-refractivity contribution in [3.63, 3.8) is 0 Å². The second-order valence-corrected chi connectivity index (χ2v) is 8.11. The average molecular weight is 426 g/mol. The molecule has 1 aliphatic heterocycles. The van der Waals surface area contributed by atoms with E-state index in [2.05, 4.69) is 10.3 Å². The van der Waals surface area contributed by atoms with Gasteiger partial charge < -0.3 is 19.9 Å². The van der Waals surface area contributed by atoms with Crippen LogP contribution in [0.25, 0.3) is 10.9 Å². The van der Waals surface area contributed by atoms with E-state index in [-0.39, 0.29) is 24.2 Å². The van der Waals surface area contributed by atoms with Crippen molar-refractivity contribution >= 4 is 34.2 Å². The summed E-state index contributed by atoms with van der Waals surface area (Å²) >= 11 is 6.03. The molecule has 2 aromatic carbocycles. The molecule has 1 atom stereocenters. The minimum Gasteiger partial charge on any atom is -0.376 e. The summed E-state index contributed by atoms with van der Waals surface area (Å²) in [5.41, 5.74) is 2.83. The molecule has 0 radical (unpaired) electrons. The lowest BCUT2D eigenvalue weighted by molar-refractivity contribution is 0.0818. The number of hydrogen-bond acceptors (Lipinski definition) is 3. The van der Waals surface area contributed by atoms with E-state index >= 15 is 0 Å². The predicted octanol–water partition coefficient (Wildman–Crippen LogP) is 4.70. The number of aromatic amines is 1. The second-order valence-electron chi connectivity index (χ2n) is 7.67. The molecule has 3 aromatic rings. The van der Waals surface area contributed by atoms with Gasteiger partial charge in [-0.05, 0) is 61.5 Å². The van der Waals surface area contributed by atoms with Crippen LogP contribution in [0.1, 0.15) is 24.0 Å². The van der Waals surface area contributed by atoms with E-state index in [1.165, 1.54) is 0 Å². The number of nitrogens with one attached hydrogen (secondary N) is 2. The van der Waals surface area contributed by atoms with Crippen molar-refractivity contribution in [3.05, 3.63) is 75.0 Å². The van der Waals surface area contributed by atoms with Crippen LogP contribution in [0, 0.1) is 6.92 Å². The maximum Gasteiger partial charge on any atom is 0.322 e. The number of halogens is 1. The Morgan fingerprint density at radius 2 is 2.13 bits per heavy atom. The number of fused-ring (bicyclic) bond motifs is 1. The van der Waals surface area contributed by atoms with Crippen LogP contribution in [0.15, 0.2) is 53.3 Å². The summed E-state index contributed by atoms with van der Waals surface area (Å²) in [6.07, 6.45) is 1.84. The van der Waals surface area contributed by atoms with Crippen molar-refractivity contribution in [3.8, 4) is 0 Å². The Labute approximate surface area is 179 Å². The highest BCUT2D eigenvalue weighted by molar-refractivity contribution is 6.30. The van der Waals surface area contributed by atoms with Crippen molar-refractivity contribution in [2.45, 2.75) is 32.4 Å². The molecule has 2 N–H and O–H groups in total. The molecule has 6 nitrogen and oxygen atoms in total. The third-order valence-electron chi connectivity index (χ3n) is 5.25. The second kappa shape index (κ2) is 8.90. The number of H-pyrrole nitrogens is 1. The van der Waals surface area contributed by atoms with Gasteiger partial charge in [-0.25, -0.2) is 4.79 Å². The van der Waals surface area contributed by atoms with Gasteiger partial charge in [-0.15, -0.1) is 0 Å². The Hall–Kier alpha value is -2.83. The number of nitrogens with zero attached hydrogens (tertiary/aromatic N) is 1. The SMILES string of the molecule is Cc1ccc2[nH]c(=O)c(CN(C[C@@H]3CCCO3)C(=O)Nc3cccc(Cl)c3)cc2c1. The smallest absolute Gasteiger partial charge is 0.322 e. The quantitative estimate of drug-likeness (QED) is 0.622. The van der Waals surface area contributed by atoms with E-state index in [1.807, 2.05) is 31.2 Å². The van der Waals surface area contributed by atoms with E-state index in [4.69, 9.17) is 16.3 Å². The first kappa shape index (κ1) is 20.4. The average Bonchev–Trinajstić information content (AvgIpc) is 3.21. The number of benzene rings is 2. The van der Waals surface area contributed by atoms with Gasteiger partial charge in [0, 0.05) is 34.9 Å². The third kappa shape index (κ3) is 4.83. The molecule has 0 saturated carbocycles. The van der Waals surface area contributed by atoms with Gasteiger partial charge in [-0.1, -0.05) is 29.3 Å². The fraction of sp³-hybridized carbons (Fsp3) is 0.304. The summed E-state index contributed by atoms with van der Waals surface area (Å²) in [6.45, 7) is 3.31. The highest BCUT2D eigenvalue weighted by Crippen LogP contribution is 2.19. The minimum atomic E-state index is -0.295. The van der Waals surface area contributed by atoms with E-state index in [0.717, 1.165) is 29.3 Å². The third-order valence-corrected chi connectivity index (χ3v) is 5.48. The van der Waals surface area contributed by atoms with Gasteiger partial charge in [0.1, 0.15) is 0 Å². The van der Waals surface area contributed by atoms with Crippen LogP contribution in [-0.2, 0) is 11.3 Å². The zero-order valence-corrected chi connectivity index (χ0v) is 17.5. The standard InChI is InChI=1S/C23H24ClN3O3/c1-15-7-8-21-16(10-15)11-17(22(28)26-21)13-27(14-20-6-3-9-30-20)23(29)25-19-5-2-4-18(24)12-19/h2,4-5,7-8,10-12,20H,3,6,9,13-14H2,1H3,(H,25,29)(H,26,28)/t20-/m0/s1. The summed E-state index contributed by atoms with van der Waals surface area (Å²) < 4.78 is 5.73. The summed E-state index contributed by atoms with van der Waals surface area (Å²) in [5.74, 6) is 0. The Bertz CT molecular complexity index is 1120. The highest BCUT2D eigenvalue weighted by Gasteiger charge is 2.24. The molecular formula is C23H24ClN3O3. The number of amides is 2. The molecule has 30 heavy (non-hydrogen) atoms. The molecule has 0 unspecified atom stereocenters. The number of pyridine rings is 1. The van der Waals surface area contributed by atoms with Crippen LogP contribution in [0.4, 0.5) is 10.5 Å². The Morgan fingerprint density at radius 3 is 2.90 bits per heavy atom. The fourth-order valence-electron chi connectivity index (χ4n) is 3.72. The minimum absolute atomic E-state index is 0.0307. The van der Waals surface area contributed by atoms with E-state index in [1.54, 1.807) is 29.2 Å². The maximum absolute atomic E-state index is 13.0. The van der Waals surface area contributed by atoms with Crippen molar-refractivity contribution in [1.29, 1.82) is 0 Å². The molecule has 0 bridgehead atoms. The first-order valence-corrected chi connectivity index (χ1v) is 10.4. The van der Waals surface area contributed by atoms with Crippen LogP contribution < -0.4 is 10.9 Å². The largest absolute Gasteiger partial charge is 0.376 e. The molecule has 0 aliphatic carbocycles. The number of aromatic nitrogens is 1. The normalized spacial score (nSPS) is 16.0. The Kier molecular flexibility index (Phi) is 6.06. The lowest BCUT2D eigenvalue weighted by Gasteiger charge is -2.26. The molecule has 0 spiro atoms. The monoisotopic (exact) mass is 425 g/mol. The van der Waals surface area contributed by atoms with Gasteiger partial charge in [0.05, 0.1) is 12.6 Å². The van der Waals surface area contributed by atoms with E-state index in [9.17, 15) is 9.59 Å². The summed E-state index contributed by atoms with van der Waals surface area (Å²) in [7, 11) is 0. The summed E-state index contributed by atoms with van der Waals surface area (Å²) in [5, 5.41) is 4.36. The predicted molar refractivity (Wildman–Crippen MR) is 119 cm³/mol. The van der Waals surface area contributed by atoms with Gasteiger partial charge in [-0.2, -0.15) is 0 Å². The van der Waals surface area contributed by atoms with E-state index < -0.39 is 0 Å². The van der Waals surface area contributed by atoms with Gasteiger partial charge in [-0.3, -0.25) is 4.79 Å². The van der Waals surface area contributed by atoms with Crippen molar-refractivity contribution in [2.75, 3.05) is 18.5 Å². The molecular weight excluding hydrogens is 402 g/mol. The number of anilines is 1. The topological polar surface area (TPSA) is 74.4 Å². The number of rotatable bonds is 5. The molecule has 1 aliphatic rings. The van der Waals surface area contributed by atoms with Crippen molar-refractivity contribution in [1.82, 2.24) is 9.88 Å². The van der Waals surface area contributed by atoms with Crippen LogP contribution in [0.3, 0.4) is 0 Å². The molecule has 1 fully saturated rings. The van der Waals surface area contributed by atoms with Crippen LogP contribution in [-0.4, -0.2) is 35.2 Å². The molecule has 2 heterocycles.